The van der Waals surface area contributed by atoms with Crippen LogP contribution in [-0.2, 0) is 0 Å². The van der Waals surface area contributed by atoms with Crippen LogP contribution in [0.2, 0.25) is 0 Å². The molecule has 100 valence electrons. The second-order valence-corrected chi connectivity index (χ2v) is 5.89. The average molecular weight is 236 g/mol. The molecular formula is C17H32. The van der Waals surface area contributed by atoms with E-state index in [0.29, 0.717) is 5.41 Å². The van der Waals surface area contributed by atoms with Crippen LogP contribution in [0.1, 0.15) is 78.6 Å². The first kappa shape index (κ1) is 16.5. The van der Waals surface area contributed by atoms with Gasteiger partial charge < -0.3 is 0 Å². The summed E-state index contributed by atoms with van der Waals surface area (Å²) in [5.41, 5.74) is 0.388. The molecule has 0 heteroatoms. The standard InChI is InChI=1S/C17H32/c1-5-7-8-9-10-11-12-13-14-16-17(3,4)15-6-2/h6,13-14H,2,5,7-12,15-16H2,1,3-4H3. The van der Waals surface area contributed by atoms with E-state index in [1.807, 2.05) is 6.08 Å². The molecular weight excluding hydrogens is 204 g/mol. The van der Waals surface area contributed by atoms with E-state index in [4.69, 9.17) is 0 Å². The zero-order chi connectivity index (χ0) is 13.0. The van der Waals surface area contributed by atoms with Crippen molar-refractivity contribution in [2.24, 2.45) is 5.41 Å². The molecule has 0 rings (SSSR count). The molecule has 0 aromatic heterocycles. The molecule has 0 aliphatic rings. The van der Waals surface area contributed by atoms with Gasteiger partial charge in [-0.05, 0) is 31.1 Å². The number of rotatable bonds is 11. The number of allylic oxidation sites excluding steroid dienone is 3. The van der Waals surface area contributed by atoms with E-state index in [9.17, 15) is 0 Å². The highest BCUT2D eigenvalue weighted by molar-refractivity contribution is 4.90. The van der Waals surface area contributed by atoms with Crippen LogP contribution in [0.4, 0.5) is 0 Å². The molecule has 0 heterocycles. The lowest BCUT2D eigenvalue weighted by molar-refractivity contribution is 0.377. The zero-order valence-corrected chi connectivity index (χ0v) is 12.3. The maximum absolute atomic E-state index is 3.81. The highest BCUT2D eigenvalue weighted by atomic mass is 14.2. The highest BCUT2D eigenvalue weighted by Crippen LogP contribution is 2.25. The van der Waals surface area contributed by atoms with Crippen LogP contribution in [0.25, 0.3) is 0 Å². The summed E-state index contributed by atoms with van der Waals surface area (Å²) < 4.78 is 0. The second-order valence-electron chi connectivity index (χ2n) is 5.89. The maximum atomic E-state index is 3.81. The molecule has 0 aromatic rings. The van der Waals surface area contributed by atoms with Gasteiger partial charge in [0.2, 0.25) is 0 Å². The number of unbranched alkanes of at least 4 members (excludes halogenated alkanes) is 6. The van der Waals surface area contributed by atoms with Crippen molar-refractivity contribution in [2.45, 2.75) is 78.6 Å². The smallest absolute Gasteiger partial charge is 0.0285 e. The first-order chi connectivity index (χ1) is 8.12. The average Bonchev–Trinajstić information content (AvgIpc) is 2.27. The number of hydrogen-bond donors (Lipinski definition) is 0. The minimum Gasteiger partial charge on any atom is -0.103 e. The molecule has 0 amide bonds. The van der Waals surface area contributed by atoms with Gasteiger partial charge in [0.05, 0.1) is 0 Å². The number of hydrogen-bond acceptors (Lipinski definition) is 0. The lowest BCUT2D eigenvalue weighted by atomic mass is 9.85. The summed E-state index contributed by atoms with van der Waals surface area (Å²) in [6.45, 7) is 10.7. The summed E-state index contributed by atoms with van der Waals surface area (Å²) >= 11 is 0. The molecule has 17 heavy (non-hydrogen) atoms. The van der Waals surface area contributed by atoms with Gasteiger partial charge in [-0.3, -0.25) is 0 Å². The second kappa shape index (κ2) is 10.6. The maximum Gasteiger partial charge on any atom is -0.0285 e. The Morgan fingerprint density at radius 1 is 0.882 bits per heavy atom. The molecule has 0 aliphatic heterocycles. The quantitative estimate of drug-likeness (QED) is 0.292. The van der Waals surface area contributed by atoms with Crippen LogP contribution in [0.5, 0.6) is 0 Å². The summed E-state index contributed by atoms with van der Waals surface area (Å²) in [7, 11) is 0. The minimum absolute atomic E-state index is 0.388. The fourth-order valence-corrected chi connectivity index (χ4v) is 2.04. The van der Waals surface area contributed by atoms with Crippen LogP contribution in [0.15, 0.2) is 24.8 Å². The Bertz CT molecular complexity index is 198. The summed E-state index contributed by atoms with van der Waals surface area (Å²) in [5.74, 6) is 0. The van der Waals surface area contributed by atoms with Gasteiger partial charge in [0.15, 0.2) is 0 Å². The Labute approximate surface area is 109 Å². The topological polar surface area (TPSA) is 0 Å². The van der Waals surface area contributed by atoms with Crippen molar-refractivity contribution in [3.63, 3.8) is 0 Å². The summed E-state index contributed by atoms with van der Waals surface area (Å²) in [5, 5.41) is 0. The van der Waals surface area contributed by atoms with E-state index in [-0.39, 0.29) is 0 Å². The van der Waals surface area contributed by atoms with Crippen molar-refractivity contribution in [1.82, 2.24) is 0 Å². The summed E-state index contributed by atoms with van der Waals surface area (Å²) in [6, 6.07) is 0. The van der Waals surface area contributed by atoms with Gasteiger partial charge in [-0.25, -0.2) is 0 Å². The highest BCUT2D eigenvalue weighted by Gasteiger charge is 2.12. The Kier molecular flexibility index (Phi) is 10.3. The van der Waals surface area contributed by atoms with Crippen LogP contribution < -0.4 is 0 Å². The van der Waals surface area contributed by atoms with Gasteiger partial charge in [0.1, 0.15) is 0 Å². The van der Waals surface area contributed by atoms with Crippen molar-refractivity contribution in [1.29, 1.82) is 0 Å². The SMILES string of the molecule is C=CCC(C)(C)CC=CCCCCCCCC. The van der Waals surface area contributed by atoms with Crippen LogP contribution in [0.3, 0.4) is 0 Å². The Balaban J connectivity index is 3.39. The molecule has 0 bridgehead atoms. The molecule has 0 nitrogen and oxygen atoms in total. The van der Waals surface area contributed by atoms with Gasteiger partial charge in [-0.1, -0.05) is 71.1 Å². The van der Waals surface area contributed by atoms with Gasteiger partial charge in [0, 0.05) is 0 Å². The van der Waals surface area contributed by atoms with Crippen LogP contribution in [-0.4, -0.2) is 0 Å². The third-order valence-electron chi connectivity index (χ3n) is 3.26. The third kappa shape index (κ3) is 11.7. The Hall–Kier alpha value is -0.520. The fourth-order valence-electron chi connectivity index (χ4n) is 2.04. The zero-order valence-electron chi connectivity index (χ0n) is 12.3. The lowest BCUT2D eigenvalue weighted by Crippen LogP contribution is -2.07. The van der Waals surface area contributed by atoms with E-state index in [1.165, 1.54) is 51.4 Å². The monoisotopic (exact) mass is 236 g/mol. The molecule has 0 N–H and O–H groups in total. The van der Waals surface area contributed by atoms with E-state index in [2.05, 4.69) is 39.5 Å². The molecule has 0 radical (unpaired) electrons. The van der Waals surface area contributed by atoms with Gasteiger partial charge >= 0.3 is 0 Å². The normalized spacial score (nSPS) is 12.2. The van der Waals surface area contributed by atoms with Crippen molar-refractivity contribution in [3.05, 3.63) is 24.8 Å². The predicted molar refractivity (Wildman–Crippen MR) is 80.3 cm³/mol. The first-order valence-electron chi connectivity index (χ1n) is 7.38. The molecule has 0 saturated heterocycles. The van der Waals surface area contributed by atoms with Crippen molar-refractivity contribution in [2.75, 3.05) is 0 Å². The van der Waals surface area contributed by atoms with Crippen molar-refractivity contribution >= 4 is 0 Å². The Morgan fingerprint density at radius 3 is 2.18 bits per heavy atom. The van der Waals surface area contributed by atoms with Gasteiger partial charge in [0.25, 0.3) is 0 Å². The third-order valence-corrected chi connectivity index (χ3v) is 3.26. The van der Waals surface area contributed by atoms with E-state index in [1.54, 1.807) is 0 Å². The predicted octanol–water partition coefficient (Wildman–Crippen LogP) is 6.29. The molecule has 0 aliphatic carbocycles. The van der Waals surface area contributed by atoms with E-state index in [0.717, 1.165) is 6.42 Å². The van der Waals surface area contributed by atoms with Gasteiger partial charge in [-0.2, -0.15) is 0 Å². The molecule has 0 spiro atoms. The van der Waals surface area contributed by atoms with E-state index < -0.39 is 0 Å². The van der Waals surface area contributed by atoms with Gasteiger partial charge in [-0.15, -0.1) is 6.58 Å². The summed E-state index contributed by atoms with van der Waals surface area (Å²) in [4.78, 5) is 0. The molecule has 0 atom stereocenters. The lowest BCUT2D eigenvalue weighted by Gasteiger charge is -2.20. The van der Waals surface area contributed by atoms with E-state index >= 15 is 0 Å². The van der Waals surface area contributed by atoms with Crippen molar-refractivity contribution < 1.29 is 0 Å². The largest absolute Gasteiger partial charge is 0.103 e. The molecule has 0 fully saturated rings. The first-order valence-corrected chi connectivity index (χ1v) is 7.38. The van der Waals surface area contributed by atoms with Crippen molar-refractivity contribution in [3.8, 4) is 0 Å². The molecule has 0 saturated carbocycles. The Morgan fingerprint density at radius 2 is 1.53 bits per heavy atom. The fraction of sp³-hybridized carbons (Fsp3) is 0.765. The van der Waals surface area contributed by atoms with Crippen LogP contribution in [0, 0.1) is 5.41 Å². The molecule has 0 aromatic carbocycles. The summed E-state index contributed by atoms with van der Waals surface area (Å²) in [6.07, 6.45) is 18.7. The minimum atomic E-state index is 0.388. The molecule has 0 unspecified atom stereocenters. The van der Waals surface area contributed by atoms with Crippen LogP contribution >= 0.6 is 0 Å².